The summed E-state index contributed by atoms with van der Waals surface area (Å²) in [6, 6.07) is 8.77. The summed E-state index contributed by atoms with van der Waals surface area (Å²) in [6.07, 6.45) is 9.26. The van der Waals surface area contributed by atoms with Crippen LogP contribution in [0, 0.1) is 17.7 Å². The summed E-state index contributed by atoms with van der Waals surface area (Å²) < 4.78 is 50.9. The van der Waals surface area contributed by atoms with Crippen LogP contribution in [0.2, 0.25) is 0 Å². The van der Waals surface area contributed by atoms with E-state index in [-0.39, 0.29) is 30.0 Å². The number of aromatic nitrogens is 2. The molecule has 2 aliphatic carbocycles. The number of ether oxygens (including phenoxy) is 3. The van der Waals surface area contributed by atoms with Crippen LogP contribution in [0.25, 0.3) is 33.3 Å². The van der Waals surface area contributed by atoms with Gasteiger partial charge in [0.25, 0.3) is 0 Å². The maximum absolute atomic E-state index is 17.0. The highest BCUT2D eigenvalue weighted by Gasteiger charge is 2.58. The summed E-state index contributed by atoms with van der Waals surface area (Å²) in [7, 11) is 2.45. The monoisotopic (exact) mass is 974 g/mol. The highest BCUT2D eigenvalue weighted by molar-refractivity contribution is 7.11. The number of alkyl carbamates (subject to hydrolysis) is 2. The van der Waals surface area contributed by atoms with E-state index < -0.39 is 47.9 Å². The van der Waals surface area contributed by atoms with Gasteiger partial charge >= 0.3 is 12.2 Å². The van der Waals surface area contributed by atoms with Crippen LogP contribution in [0.3, 0.4) is 0 Å². The molecule has 2 N–H and O–H groups in total. The number of carbonyl (C=O) groups excluding carboxylic acids is 4. The zero-order valence-electron chi connectivity index (χ0n) is 40.0. The molecular formula is C52H56F2N8O7S. The van der Waals surface area contributed by atoms with Crippen LogP contribution in [0.15, 0.2) is 64.9 Å². The number of nitrogens with zero attached hydrogens (tertiary/aromatic N) is 6. The number of amides is 4. The number of nitrogens with one attached hydrogen (secondary N) is 2. The molecule has 15 nitrogen and oxygen atoms in total. The number of halogens is 2. The summed E-state index contributed by atoms with van der Waals surface area (Å²) in [5.41, 5.74) is 4.74. The molecule has 4 fully saturated rings. The maximum atomic E-state index is 17.0. The summed E-state index contributed by atoms with van der Waals surface area (Å²) in [5.74, 6) is -0.138. The Morgan fingerprint density at radius 1 is 0.943 bits per heavy atom. The fraction of sp³-hybridized carbons (Fsp3) is 0.481. The normalized spacial score (nSPS) is 24.2. The second-order valence-corrected chi connectivity index (χ2v) is 21.5. The van der Waals surface area contributed by atoms with Crippen molar-refractivity contribution >= 4 is 68.8 Å². The molecule has 5 aliphatic heterocycles. The molecule has 0 bridgehead atoms. The number of fused-ring (bicyclic) bond motifs is 6. The van der Waals surface area contributed by atoms with Gasteiger partial charge in [-0.3, -0.25) is 24.1 Å². The van der Waals surface area contributed by atoms with Crippen LogP contribution in [0.1, 0.15) is 106 Å². The highest BCUT2D eigenvalue weighted by Crippen LogP contribution is 2.52. The van der Waals surface area contributed by atoms with Gasteiger partial charge in [0.1, 0.15) is 29.3 Å². The Kier molecular flexibility index (Phi) is 11.5. The van der Waals surface area contributed by atoms with Crippen molar-refractivity contribution in [1.29, 1.82) is 0 Å². The Hall–Kier alpha value is -6.43. The van der Waals surface area contributed by atoms with Crippen molar-refractivity contribution < 1.29 is 42.2 Å². The van der Waals surface area contributed by atoms with E-state index in [1.807, 2.05) is 56.6 Å². The number of carbonyl (C=O) groups is 4. The van der Waals surface area contributed by atoms with E-state index in [1.165, 1.54) is 34.1 Å². The number of allylic oxidation sites excluding steroid dienone is 1. The lowest BCUT2D eigenvalue weighted by atomic mass is 9.95. The molecule has 7 aliphatic rings. The number of rotatable bonds is 12. The van der Waals surface area contributed by atoms with Crippen LogP contribution >= 0.6 is 11.3 Å². The van der Waals surface area contributed by atoms with E-state index >= 15 is 8.78 Å². The summed E-state index contributed by atoms with van der Waals surface area (Å²) in [5, 5.41) is 7.08. The van der Waals surface area contributed by atoms with Gasteiger partial charge in [-0.1, -0.05) is 19.9 Å². The van der Waals surface area contributed by atoms with Crippen molar-refractivity contribution in [3.63, 3.8) is 0 Å². The molecule has 366 valence electrons. The van der Waals surface area contributed by atoms with Crippen LogP contribution in [0.4, 0.5) is 18.4 Å². The third-order valence-corrected chi connectivity index (χ3v) is 16.2. The minimum atomic E-state index is -2.04. The number of methoxy groups -OCH3 is 2. The standard InChI is InChI=1S/C52H56F2N8O7S/c1-25(2)44(58-50(65)67-5)47(63)60-13-7-8-37(60)34-17-32(23-55-34)28-15-33(53)43-40-20-29-14-27(11-12-36(29)62(40)49(69-41(43)21-28)42-24-57-46(70-42)26-9-10-26)31-16-35(56-22-31)39-19-30-18-38(30)61(39)48(64)45(52(3,4)54)59-51(66)68-6/h11-12,14-15,17,20-22,24-26,30,37-39,44-45,49H,7-10,13,16,18-19,23H2,1-6H3,(H,58,65)(H,59,66)/t30-,37+,38-,39+,44+,45?,49?/m1/s1. The molecule has 2 aromatic heterocycles. The molecule has 2 saturated carbocycles. The Balaban J connectivity index is 0.876. The number of benzene rings is 2. The molecule has 70 heavy (non-hydrogen) atoms. The molecule has 7 heterocycles. The minimum absolute atomic E-state index is 0.0336. The fourth-order valence-electron chi connectivity index (χ4n) is 11.1. The predicted molar refractivity (Wildman–Crippen MR) is 261 cm³/mol. The summed E-state index contributed by atoms with van der Waals surface area (Å²) in [4.78, 5) is 71.2. The zero-order valence-corrected chi connectivity index (χ0v) is 40.8. The highest BCUT2D eigenvalue weighted by atomic mass is 32.1. The Labute approximate surface area is 408 Å². The van der Waals surface area contributed by atoms with E-state index in [0.717, 1.165) is 87.4 Å². The molecular weight excluding hydrogens is 919 g/mol. The van der Waals surface area contributed by atoms with E-state index in [4.69, 9.17) is 29.2 Å². The SMILES string of the molecule is COC(=O)NC(C(=O)N1[C@@H]2C[C@@H]2C[C@H]1C1=NC=C(c2ccc3c(c2)cc2n3C(c3cnc(C4CC4)s3)Oc3cc(C4=CC([C@@H]5CCCN5C(=O)[C@@H](NC(=O)OC)C(C)C)=NC4)cc(F)c3-2)C1)C(C)(C)F. The van der Waals surface area contributed by atoms with Gasteiger partial charge in [-0.25, -0.2) is 23.4 Å². The van der Waals surface area contributed by atoms with Crippen LogP contribution in [0.5, 0.6) is 5.75 Å². The van der Waals surface area contributed by atoms with Crippen molar-refractivity contribution in [1.82, 2.24) is 30.0 Å². The molecule has 18 heteroatoms. The van der Waals surface area contributed by atoms with Crippen molar-refractivity contribution in [3.8, 4) is 17.0 Å². The van der Waals surface area contributed by atoms with Gasteiger partial charge in [0.2, 0.25) is 18.0 Å². The van der Waals surface area contributed by atoms with E-state index in [9.17, 15) is 19.2 Å². The Morgan fingerprint density at radius 3 is 2.47 bits per heavy atom. The lowest BCUT2D eigenvalue weighted by Crippen LogP contribution is -2.59. The molecule has 0 spiro atoms. The lowest BCUT2D eigenvalue weighted by molar-refractivity contribution is -0.137. The van der Waals surface area contributed by atoms with Gasteiger partial charge in [0.05, 0.1) is 65.2 Å². The first-order valence-electron chi connectivity index (χ1n) is 24.2. The third kappa shape index (κ3) is 8.14. The predicted octanol–water partition coefficient (Wildman–Crippen LogP) is 8.58. The molecule has 0 radical (unpaired) electrons. The van der Waals surface area contributed by atoms with Crippen LogP contribution in [-0.2, 0) is 19.1 Å². The minimum Gasteiger partial charge on any atom is -0.464 e. The van der Waals surface area contributed by atoms with Crippen molar-refractivity contribution in [2.24, 2.45) is 21.8 Å². The van der Waals surface area contributed by atoms with Crippen LogP contribution in [-0.4, -0.2) is 118 Å². The molecule has 11 rings (SSSR count). The van der Waals surface area contributed by atoms with Crippen molar-refractivity contribution in [2.45, 2.75) is 121 Å². The quantitative estimate of drug-likeness (QED) is 0.142. The molecule has 7 atom stereocenters. The smallest absolute Gasteiger partial charge is 0.407 e. The zero-order chi connectivity index (χ0) is 48.9. The van der Waals surface area contributed by atoms with E-state index in [1.54, 1.807) is 21.1 Å². The van der Waals surface area contributed by atoms with Gasteiger partial charge in [-0.05, 0) is 123 Å². The number of piperidine rings is 1. The van der Waals surface area contributed by atoms with Crippen molar-refractivity contribution in [2.75, 3.05) is 27.3 Å². The fourth-order valence-corrected chi connectivity index (χ4v) is 12.2. The average molecular weight is 975 g/mol. The third-order valence-electron chi connectivity index (χ3n) is 15.0. The molecule has 2 aromatic carbocycles. The van der Waals surface area contributed by atoms with E-state index in [2.05, 4.69) is 21.3 Å². The molecule has 2 unspecified atom stereocenters. The van der Waals surface area contributed by atoms with Crippen molar-refractivity contribution in [3.05, 3.63) is 81.7 Å². The first-order valence-corrected chi connectivity index (χ1v) is 25.0. The first-order chi connectivity index (χ1) is 33.6. The van der Waals surface area contributed by atoms with Gasteiger partial charge in [-0.15, -0.1) is 11.3 Å². The Morgan fingerprint density at radius 2 is 1.73 bits per heavy atom. The number of hydrogen-bond acceptors (Lipinski definition) is 11. The second-order valence-electron chi connectivity index (χ2n) is 20.5. The van der Waals surface area contributed by atoms with Gasteiger partial charge in [0.15, 0.2) is 0 Å². The van der Waals surface area contributed by atoms with Gasteiger partial charge in [-0.2, -0.15) is 0 Å². The number of hydrogen-bond donors (Lipinski definition) is 2. The average Bonchev–Trinajstić information content (AvgIpc) is 3.81. The van der Waals surface area contributed by atoms with Gasteiger partial charge in [0, 0.05) is 48.4 Å². The topological polar surface area (TPSA) is 169 Å². The number of aliphatic imine (C=N–C) groups is 2. The lowest BCUT2D eigenvalue weighted by Gasteiger charge is -2.35. The summed E-state index contributed by atoms with van der Waals surface area (Å²) in [6.45, 7) is 7.16. The number of thiazole rings is 1. The summed E-state index contributed by atoms with van der Waals surface area (Å²) >= 11 is 1.62. The van der Waals surface area contributed by atoms with E-state index in [0.29, 0.717) is 53.9 Å². The molecule has 2 saturated heterocycles. The second kappa shape index (κ2) is 17.5. The maximum Gasteiger partial charge on any atom is 0.407 e. The number of alkyl halides is 1. The Bertz CT molecular complexity index is 2980. The molecule has 4 aromatic rings. The number of likely N-dealkylation sites (tertiary alicyclic amines) is 2. The molecule has 4 amide bonds. The first kappa shape index (κ1) is 46.0. The van der Waals surface area contributed by atoms with Gasteiger partial charge < -0.3 is 34.6 Å². The van der Waals surface area contributed by atoms with Crippen LogP contribution < -0.4 is 15.4 Å². The largest absolute Gasteiger partial charge is 0.464 e.